The highest BCUT2D eigenvalue weighted by Crippen LogP contribution is 2.22. The Labute approximate surface area is 149 Å². The van der Waals surface area contributed by atoms with Crippen molar-refractivity contribution in [3.05, 3.63) is 83.3 Å². The number of hydrogen-bond acceptors (Lipinski definition) is 4. The van der Waals surface area contributed by atoms with Crippen LogP contribution >= 0.6 is 11.6 Å². The van der Waals surface area contributed by atoms with Gasteiger partial charge in [0.1, 0.15) is 11.3 Å². The molecule has 1 aliphatic heterocycles. The van der Waals surface area contributed by atoms with E-state index in [0.717, 1.165) is 11.4 Å². The number of hydrogen-bond donors (Lipinski definition) is 3. The summed E-state index contributed by atoms with van der Waals surface area (Å²) in [6, 6.07) is 16.9. The third-order valence-electron chi connectivity index (χ3n) is 3.89. The van der Waals surface area contributed by atoms with E-state index < -0.39 is 0 Å². The molecule has 25 heavy (non-hydrogen) atoms. The Morgan fingerprint density at radius 1 is 1.16 bits per heavy atom. The van der Waals surface area contributed by atoms with Gasteiger partial charge in [-0.1, -0.05) is 41.9 Å². The molecule has 4 rings (SSSR count). The van der Waals surface area contributed by atoms with Gasteiger partial charge in [-0.2, -0.15) is 0 Å². The number of carbonyl (C=O) groups is 1. The number of carbonyl (C=O) groups excluding carboxylic acids is 1. The SMILES string of the molecule is O=C(Nc1cc[n+]2c(c1)NC(c1ccccc1)N2)c1ccnc(Cl)c1. The van der Waals surface area contributed by atoms with Crippen molar-refractivity contribution in [2.24, 2.45) is 0 Å². The topological polar surface area (TPSA) is 69.9 Å². The van der Waals surface area contributed by atoms with E-state index in [1.165, 1.54) is 12.3 Å². The Bertz CT molecular complexity index is 932. The van der Waals surface area contributed by atoms with E-state index in [2.05, 4.69) is 21.0 Å². The normalized spacial score (nSPS) is 15.0. The summed E-state index contributed by atoms with van der Waals surface area (Å²) in [6.07, 6.45) is 3.35. The van der Waals surface area contributed by atoms with Gasteiger partial charge in [-0.25, -0.2) is 15.7 Å². The minimum atomic E-state index is -0.236. The lowest BCUT2D eigenvalue weighted by Gasteiger charge is -2.05. The fourth-order valence-electron chi connectivity index (χ4n) is 2.67. The van der Waals surface area contributed by atoms with Crippen LogP contribution in [0.1, 0.15) is 22.1 Å². The lowest BCUT2D eigenvalue weighted by atomic mass is 10.2. The maximum Gasteiger partial charge on any atom is 0.302 e. The van der Waals surface area contributed by atoms with Crippen LogP contribution in [0.15, 0.2) is 67.0 Å². The Hall–Kier alpha value is -3.12. The fourth-order valence-corrected chi connectivity index (χ4v) is 2.85. The standard InChI is InChI=1S/C18H14ClN5O/c19-15-10-13(6-8-20-15)18(25)21-14-7-9-24-16(11-14)22-17(23-24)12-4-2-1-3-5-12/h1-11,17,23H,(H,21,22,25)/p+1. The molecular weight excluding hydrogens is 338 g/mol. The third-order valence-corrected chi connectivity index (χ3v) is 4.10. The zero-order chi connectivity index (χ0) is 17.2. The molecule has 0 aliphatic carbocycles. The Morgan fingerprint density at radius 2 is 2.00 bits per heavy atom. The summed E-state index contributed by atoms with van der Waals surface area (Å²) >= 11 is 5.83. The highest BCUT2D eigenvalue weighted by atomic mass is 35.5. The first kappa shape index (κ1) is 15.4. The smallest absolute Gasteiger partial charge is 0.302 e. The number of amides is 1. The van der Waals surface area contributed by atoms with E-state index >= 15 is 0 Å². The summed E-state index contributed by atoms with van der Waals surface area (Å²) in [5, 5.41) is 6.53. The number of halogens is 1. The van der Waals surface area contributed by atoms with Gasteiger partial charge in [0, 0.05) is 23.4 Å². The van der Waals surface area contributed by atoms with Crippen LogP contribution in [0.25, 0.3) is 0 Å². The molecule has 1 aromatic carbocycles. The molecule has 1 atom stereocenters. The third kappa shape index (κ3) is 3.25. The predicted octanol–water partition coefficient (Wildman–Crippen LogP) is 2.94. The number of pyridine rings is 2. The first-order chi connectivity index (χ1) is 12.2. The van der Waals surface area contributed by atoms with Gasteiger partial charge in [0.25, 0.3) is 5.91 Å². The molecule has 1 aliphatic rings. The van der Waals surface area contributed by atoms with Crippen LogP contribution < -0.4 is 20.7 Å². The largest absolute Gasteiger partial charge is 0.322 e. The van der Waals surface area contributed by atoms with Crippen molar-refractivity contribution in [1.29, 1.82) is 0 Å². The molecule has 3 aromatic rings. The van der Waals surface area contributed by atoms with E-state index in [4.69, 9.17) is 11.6 Å². The second kappa shape index (κ2) is 6.41. The van der Waals surface area contributed by atoms with Crippen LogP contribution in [-0.4, -0.2) is 10.9 Å². The minimum absolute atomic E-state index is 0.0221. The van der Waals surface area contributed by atoms with Crippen LogP contribution in [-0.2, 0) is 0 Å². The average Bonchev–Trinajstić information content (AvgIpc) is 3.06. The van der Waals surface area contributed by atoms with Crippen molar-refractivity contribution in [1.82, 2.24) is 4.98 Å². The van der Waals surface area contributed by atoms with E-state index in [0.29, 0.717) is 11.3 Å². The van der Waals surface area contributed by atoms with Crippen LogP contribution in [0, 0.1) is 0 Å². The quantitative estimate of drug-likeness (QED) is 0.500. The average molecular weight is 353 g/mol. The Kier molecular flexibility index (Phi) is 3.95. The molecule has 1 amide bonds. The van der Waals surface area contributed by atoms with Crippen molar-refractivity contribution in [3.8, 4) is 0 Å². The summed E-state index contributed by atoms with van der Waals surface area (Å²) in [5.74, 6) is 0.624. The maximum atomic E-state index is 12.3. The highest BCUT2D eigenvalue weighted by molar-refractivity contribution is 6.29. The lowest BCUT2D eigenvalue weighted by molar-refractivity contribution is -0.629. The van der Waals surface area contributed by atoms with Gasteiger partial charge in [0.15, 0.2) is 0 Å². The number of aromatic nitrogens is 2. The van der Waals surface area contributed by atoms with E-state index in [-0.39, 0.29) is 17.2 Å². The summed E-state index contributed by atoms with van der Waals surface area (Å²) in [4.78, 5) is 16.2. The van der Waals surface area contributed by atoms with Gasteiger partial charge in [-0.15, -0.1) is 4.68 Å². The van der Waals surface area contributed by atoms with E-state index in [1.54, 1.807) is 6.07 Å². The van der Waals surface area contributed by atoms with Crippen molar-refractivity contribution < 1.29 is 9.47 Å². The zero-order valence-corrected chi connectivity index (χ0v) is 13.9. The zero-order valence-electron chi connectivity index (χ0n) is 13.1. The van der Waals surface area contributed by atoms with Crippen LogP contribution in [0.4, 0.5) is 11.5 Å². The maximum absolute atomic E-state index is 12.3. The van der Waals surface area contributed by atoms with Crippen molar-refractivity contribution in [2.75, 3.05) is 16.1 Å². The number of anilines is 2. The first-order valence-electron chi connectivity index (χ1n) is 7.76. The summed E-state index contributed by atoms with van der Waals surface area (Å²) in [5.41, 5.74) is 5.61. The second-order valence-electron chi connectivity index (χ2n) is 5.61. The number of benzene rings is 1. The second-order valence-corrected chi connectivity index (χ2v) is 6.00. The van der Waals surface area contributed by atoms with Crippen molar-refractivity contribution in [2.45, 2.75) is 6.17 Å². The Balaban J connectivity index is 1.51. The molecule has 3 heterocycles. The molecule has 0 saturated carbocycles. The molecule has 0 spiro atoms. The summed E-state index contributed by atoms with van der Waals surface area (Å²) in [6.45, 7) is 0. The van der Waals surface area contributed by atoms with Crippen molar-refractivity contribution in [3.63, 3.8) is 0 Å². The lowest BCUT2D eigenvalue weighted by Crippen LogP contribution is -2.40. The van der Waals surface area contributed by atoms with Crippen LogP contribution in [0.5, 0.6) is 0 Å². The van der Waals surface area contributed by atoms with Gasteiger partial charge in [-0.3, -0.25) is 4.79 Å². The molecule has 7 heteroatoms. The fraction of sp³-hybridized carbons (Fsp3) is 0.0556. The van der Waals surface area contributed by atoms with Gasteiger partial charge in [0.05, 0.1) is 11.8 Å². The van der Waals surface area contributed by atoms with Gasteiger partial charge in [-0.05, 0) is 12.1 Å². The molecular formula is C18H15ClN5O+. The molecule has 0 fully saturated rings. The molecule has 3 N–H and O–H groups in total. The van der Waals surface area contributed by atoms with E-state index in [9.17, 15) is 4.79 Å². The molecule has 1 unspecified atom stereocenters. The van der Waals surface area contributed by atoms with Crippen molar-refractivity contribution >= 4 is 29.0 Å². The predicted molar refractivity (Wildman–Crippen MR) is 96.0 cm³/mol. The molecule has 0 bridgehead atoms. The number of nitrogens with zero attached hydrogens (tertiary/aromatic N) is 2. The summed E-state index contributed by atoms with van der Waals surface area (Å²) < 4.78 is 1.89. The molecule has 2 aromatic heterocycles. The molecule has 0 saturated heterocycles. The highest BCUT2D eigenvalue weighted by Gasteiger charge is 2.28. The number of rotatable bonds is 3. The molecule has 0 radical (unpaired) electrons. The molecule has 124 valence electrons. The number of fused-ring (bicyclic) bond motifs is 1. The monoisotopic (exact) mass is 352 g/mol. The van der Waals surface area contributed by atoms with Gasteiger partial charge in [0.2, 0.25) is 6.17 Å². The van der Waals surface area contributed by atoms with Crippen LogP contribution in [0.2, 0.25) is 5.15 Å². The Morgan fingerprint density at radius 3 is 2.80 bits per heavy atom. The van der Waals surface area contributed by atoms with E-state index in [1.807, 2.05) is 53.3 Å². The van der Waals surface area contributed by atoms with Gasteiger partial charge >= 0.3 is 5.82 Å². The first-order valence-corrected chi connectivity index (χ1v) is 8.13. The van der Waals surface area contributed by atoms with Crippen LogP contribution in [0.3, 0.4) is 0 Å². The van der Waals surface area contributed by atoms with Gasteiger partial charge < -0.3 is 5.32 Å². The molecule has 6 nitrogen and oxygen atoms in total. The summed E-state index contributed by atoms with van der Waals surface area (Å²) in [7, 11) is 0. The number of nitrogens with one attached hydrogen (secondary N) is 3. The minimum Gasteiger partial charge on any atom is -0.322 e.